The maximum Gasteiger partial charge on any atom is 0.338 e. The van der Waals surface area contributed by atoms with Crippen LogP contribution in [-0.4, -0.2) is 48.4 Å². The van der Waals surface area contributed by atoms with Crippen molar-refractivity contribution in [1.82, 2.24) is 19.1 Å². The summed E-state index contributed by atoms with van der Waals surface area (Å²) in [7, 11) is 1.48. The molecule has 0 aliphatic heterocycles. The fourth-order valence-corrected chi connectivity index (χ4v) is 4.96. The molecule has 3 heterocycles. The number of aromatic nitrogens is 4. The lowest BCUT2D eigenvalue weighted by molar-refractivity contribution is -0.137. The van der Waals surface area contributed by atoms with Gasteiger partial charge in [0.2, 0.25) is 0 Å². The monoisotopic (exact) mass is 554 g/mol. The predicted octanol–water partition coefficient (Wildman–Crippen LogP) is 3.74. The number of rotatable bonds is 8. The van der Waals surface area contributed by atoms with Crippen LogP contribution >= 0.6 is 0 Å². The van der Waals surface area contributed by atoms with E-state index >= 15 is 0 Å². The molecule has 0 saturated carbocycles. The van der Waals surface area contributed by atoms with Gasteiger partial charge in [-0.15, -0.1) is 0 Å². The van der Waals surface area contributed by atoms with E-state index in [4.69, 9.17) is 4.74 Å². The maximum atomic E-state index is 13.9. The fraction of sp³-hybridized carbons (Fsp3) is 0.200. The molecule has 5 rings (SSSR count). The van der Waals surface area contributed by atoms with Gasteiger partial charge < -0.3 is 14.9 Å². The Hall–Kier alpha value is -5.32. The molecule has 11 nitrogen and oxygen atoms in total. The zero-order chi connectivity index (χ0) is 29.4. The molecule has 0 bridgehead atoms. The molecule has 0 radical (unpaired) electrons. The number of nitrogens with zero attached hydrogens (tertiary/aromatic N) is 4. The van der Waals surface area contributed by atoms with Gasteiger partial charge in [0.1, 0.15) is 12.3 Å². The summed E-state index contributed by atoms with van der Waals surface area (Å²) < 4.78 is 7.20. The average Bonchev–Trinajstić information content (AvgIpc) is 2.96. The standard InChI is InChI=1S/C30H26N4O7/c1-16(2)26-24(29(38)39)23(20-13-12-17-8-4-6-10-19(17)31-20)25-27(32-26)33(14-18-9-5-7-11-21(18)41-3)30(40)34(28(25)37)15-22(35)36/h4-13,16H,14-15H2,1-3H3,(H,35,36)(H,38,39). The van der Waals surface area contributed by atoms with Gasteiger partial charge in [-0.3, -0.25) is 14.2 Å². The van der Waals surface area contributed by atoms with E-state index in [1.165, 1.54) is 11.7 Å². The first-order chi connectivity index (χ1) is 19.6. The van der Waals surface area contributed by atoms with Crippen LogP contribution in [0.4, 0.5) is 0 Å². The number of pyridine rings is 2. The SMILES string of the molecule is COc1ccccc1Cn1c(=O)n(CC(=O)O)c(=O)c2c(-c3ccc4ccccc4n3)c(C(=O)O)c(C(C)C)nc21. The number of hydrogen-bond acceptors (Lipinski definition) is 7. The topological polar surface area (TPSA) is 154 Å². The van der Waals surface area contributed by atoms with Crippen molar-refractivity contribution in [2.75, 3.05) is 7.11 Å². The third-order valence-corrected chi connectivity index (χ3v) is 6.81. The van der Waals surface area contributed by atoms with Crippen LogP contribution < -0.4 is 16.0 Å². The molecule has 0 unspecified atom stereocenters. The number of hydrogen-bond donors (Lipinski definition) is 2. The highest BCUT2D eigenvalue weighted by Gasteiger charge is 2.29. The highest BCUT2D eigenvalue weighted by Crippen LogP contribution is 2.34. The van der Waals surface area contributed by atoms with Crippen LogP contribution in [-0.2, 0) is 17.9 Å². The summed E-state index contributed by atoms with van der Waals surface area (Å²) in [6.07, 6.45) is 0. The van der Waals surface area contributed by atoms with Gasteiger partial charge in [0.25, 0.3) is 5.56 Å². The summed E-state index contributed by atoms with van der Waals surface area (Å²) in [5, 5.41) is 20.6. The number of aliphatic carboxylic acids is 1. The Kier molecular flexibility index (Phi) is 7.10. The molecular weight excluding hydrogens is 528 g/mol. The van der Waals surface area contributed by atoms with Crippen LogP contribution in [0.2, 0.25) is 0 Å². The number of carboxylic acid groups (broad SMARTS) is 2. The van der Waals surface area contributed by atoms with Crippen molar-refractivity contribution in [2.24, 2.45) is 0 Å². The molecule has 11 heteroatoms. The second kappa shape index (κ2) is 10.7. The Bertz CT molecular complexity index is 1970. The maximum absolute atomic E-state index is 13.9. The number of ether oxygens (including phenoxy) is 1. The smallest absolute Gasteiger partial charge is 0.338 e. The number of carboxylic acids is 2. The second-order valence-corrected chi connectivity index (χ2v) is 9.76. The number of methoxy groups -OCH3 is 1. The first-order valence-corrected chi connectivity index (χ1v) is 12.8. The van der Waals surface area contributed by atoms with E-state index in [1.54, 1.807) is 62.4 Å². The molecule has 0 aliphatic rings. The van der Waals surface area contributed by atoms with E-state index in [1.807, 2.05) is 12.1 Å². The molecule has 0 spiro atoms. The van der Waals surface area contributed by atoms with E-state index in [0.29, 0.717) is 21.4 Å². The van der Waals surface area contributed by atoms with Crippen molar-refractivity contribution >= 4 is 33.9 Å². The highest BCUT2D eigenvalue weighted by molar-refractivity contribution is 6.06. The molecule has 0 atom stereocenters. The average molecular weight is 555 g/mol. The molecule has 0 saturated heterocycles. The molecule has 0 fully saturated rings. The summed E-state index contributed by atoms with van der Waals surface area (Å²) in [5.41, 5.74) is -0.768. The quantitative estimate of drug-likeness (QED) is 0.292. The molecule has 3 aromatic heterocycles. The number of para-hydroxylation sites is 2. The normalized spacial score (nSPS) is 11.3. The van der Waals surface area contributed by atoms with E-state index < -0.39 is 35.7 Å². The molecule has 5 aromatic rings. The van der Waals surface area contributed by atoms with Gasteiger partial charge in [-0.25, -0.2) is 24.1 Å². The molecular formula is C30H26N4O7. The van der Waals surface area contributed by atoms with Gasteiger partial charge in [-0.05, 0) is 24.1 Å². The van der Waals surface area contributed by atoms with Gasteiger partial charge in [-0.1, -0.05) is 56.3 Å². The van der Waals surface area contributed by atoms with Crippen LogP contribution in [0.15, 0.2) is 70.3 Å². The van der Waals surface area contributed by atoms with E-state index in [2.05, 4.69) is 9.97 Å². The highest BCUT2D eigenvalue weighted by atomic mass is 16.5. The lowest BCUT2D eigenvalue weighted by Gasteiger charge is -2.20. The van der Waals surface area contributed by atoms with Crippen molar-refractivity contribution in [3.05, 3.63) is 98.3 Å². The molecule has 0 amide bonds. The third kappa shape index (κ3) is 4.82. The Morgan fingerprint density at radius 3 is 2.32 bits per heavy atom. The second-order valence-electron chi connectivity index (χ2n) is 9.76. The van der Waals surface area contributed by atoms with Crippen molar-refractivity contribution in [3.63, 3.8) is 0 Å². The minimum Gasteiger partial charge on any atom is -0.496 e. The van der Waals surface area contributed by atoms with Crippen molar-refractivity contribution < 1.29 is 24.5 Å². The van der Waals surface area contributed by atoms with Gasteiger partial charge in [0.05, 0.1) is 41.5 Å². The molecule has 41 heavy (non-hydrogen) atoms. The molecule has 2 N–H and O–H groups in total. The van der Waals surface area contributed by atoms with E-state index in [0.717, 1.165) is 5.39 Å². The minimum atomic E-state index is -1.41. The summed E-state index contributed by atoms with van der Waals surface area (Å²) in [5.74, 6) is -2.70. The summed E-state index contributed by atoms with van der Waals surface area (Å²) in [4.78, 5) is 61.4. The van der Waals surface area contributed by atoms with Crippen LogP contribution in [0.1, 0.15) is 41.4 Å². The summed E-state index contributed by atoms with van der Waals surface area (Å²) in [6, 6.07) is 17.5. The van der Waals surface area contributed by atoms with Crippen molar-refractivity contribution in [3.8, 4) is 17.0 Å². The van der Waals surface area contributed by atoms with E-state index in [-0.39, 0.29) is 40.1 Å². The molecule has 0 aliphatic carbocycles. The fourth-order valence-electron chi connectivity index (χ4n) is 4.96. The van der Waals surface area contributed by atoms with E-state index in [9.17, 15) is 29.4 Å². The van der Waals surface area contributed by atoms with Crippen LogP contribution in [0.25, 0.3) is 33.2 Å². The molecule has 208 valence electrons. The van der Waals surface area contributed by atoms with Gasteiger partial charge in [-0.2, -0.15) is 0 Å². The first-order valence-electron chi connectivity index (χ1n) is 12.8. The minimum absolute atomic E-state index is 0.0325. The molecule has 2 aromatic carbocycles. The van der Waals surface area contributed by atoms with Crippen LogP contribution in [0, 0.1) is 0 Å². The Morgan fingerprint density at radius 1 is 0.927 bits per heavy atom. The predicted molar refractivity (Wildman–Crippen MR) is 152 cm³/mol. The Labute approximate surface area is 232 Å². The zero-order valence-electron chi connectivity index (χ0n) is 22.5. The zero-order valence-corrected chi connectivity index (χ0v) is 22.5. The van der Waals surface area contributed by atoms with Gasteiger partial charge in [0.15, 0.2) is 5.65 Å². The largest absolute Gasteiger partial charge is 0.496 e. The summed E-state index contributed by atoms with van der Waals surface area (Å²) >= 11 is 0. The third-order valence-electron chi connectivity index (χ3n) is 6.81. The number of aromatic carboxylic acids is 1. The van der Waals surface area contributed by atoms with Crippen LogP contribution in [0.5, 0.6) is 5.75 Å². The van der Waals surface area contributed by atoms with Crippen LogP contribution in [0.3, 0.4) is 0 Å². The number of carbonyl (C=O) groups is 2. The Balaban J connectivity index is 2.00. The van der Waals surface area contributed by atoms with Gasteiger partial charge >= 0.3 is 17.6 Å². The number of fused-ring (bicyclic) bond motifs is 2. The lowest BCUT2D eigenvalue weighted by atomic mass is 9.94. The Morgan fingerprint density at radius 2 is 1.63 bits per heavy atom. The summed E-state index contributed by atoms with van der Waals surface area (Å²) in [6.45, 7) is 2.46. The van der Waals surface area contributed by atoms with Crippen molar-refractivity contribution in [1.29, 1.82) is 0 Å². The first kappa shape index (κ1) is 27.3. The lowest BCUT2D eigenvalue weighted by Crippen LogP contribution is -2.42. The number of benzene rings is 2. The van der Waals surface area contributed by atoms with Gasteiger partial charge in [0, 0.05) is 16.5 Å². The van der Waals surface area contributed by atoms with Crippen molar-refractivity contribution in [2.45, 2.75) is 32.9 Å².